The molecule has 5 aromatic rings. The first-order valence-electron chi connectivity index (χ1n) is 17.1. The summed E-state index contributed by atoms with van der Waals surface area (Å²) in [6.45, 7) is -0.427. The van der Waals surface area contributed by atoms with Crippen molar-refractivity contribution in [3.8, 4) is 23.0 Å². The van der Waals surface area contributed by atoms with E-state index in [-0.39, 0.29) is 56.5 Å². The molecule has 59 heavy (non-hydrogen) atoms. The van der Waals surface area contributed by atoms with Gasteiger partial charge in [0, 0.05) is 22.5 Å². The number of nitrogens with one attached hydrogen (secondary N) is 5. The summed E-state index contributed by atoms with van der Waals surface area (Å²) in [5.41, 5.74) is 0.158. The number of phenols is 2. The van der Waals surface area contributed by atoms with Crippen LogP contribution in [0.3, 0.4) is 0 Å². The van der Waals surface area contributed by atoms with Gasteiger partial charge in [-0.25, -0.2) is 13.6 Å². The van der Waals surface area contributed by atoms with Gasteiger partial charge in [0.1, 0.15) is 11.4 Å². The Bertz CT molecular complexity index is 2470. The third-order valence-corrected chi connectivity index (χ3v) is 8.27. The molecule has 18 heteroatoms. The molecule has 0 unspecified atom stereocenters. The van der Waals surface area contributed by atoms with Crippen LogP contribution < -0.4 is 36.1 Å². The Morgan fingerprint density at radius 1 is 0.610 bits per heavy atom. The fourth-order valence-corrected chi connectivity index (χ4v) is 5.33. The van der Waals surface area contributed by atoms with E-state index in [1.807, 2.05) is 0 Å². The summed E-state index contributed by atoms with van der Waals surface area (Å²) >= 11 is 0. The normalized spacial score (nSPS) is 10.8. The molecule has 0 aliphatic heterocycles. The average Bonchev–Trinajstić information content (AvgIpc) is 3.21. The molecule has 8 N–H and O–H groups in total. The lowest BCUT2D eigenvalue weighted by molar-refractivity contribution is -0.115. The van der Waals surface area contributed by atoms with E-state index in [2.05, 4.69) is 26.6 Å². The number of phenolic OH excluding ortho intramolecular Hbond substituents is 1. The lowest BCUT2D eigenvalue weighted by Gasteiger charge is -2.16. The first-order valence-corrected chi connectivity index (χ1v) is 17.1. The van der Waals surface area contributed by atoms with Crippen LogP contribution in [0.4, 0.5) is 31.5 Å². The van der Waals surface area contributed by atoms with Crippen LogP contribution in [0.1, 0.15) is 47.0 Å². The van der Waals surface area contributed by atoms with E-state index in [1.54, 1.807) is 0 Å². The third kappa shape index (κ3) is 10.3. The summed E-state index contributed by atoms with van der Waals surface area (Å²) in [5, 5.41) is 42.7. The lowest BCUT2D eigenvalue weighted by Crippen LogP contribution is -2.32. The average molecular weight is 810 g/mol. The number of carbonyl (C=O) groups excluding carboxylic acids is 5. The number of halogens is 2. The number of aromatic carboxylic acids is 1. The van der Waals surface area contributed by atoms with E-state index in [9.17, 15) is 52.9 Å². The van der Waals surface area contributed by atoms with Crippen LogP contribution in [-0.2, 0) is 9.59 Å². The highest BCUT2D eigenvalue weighted by Gasteiger charge is 2.24. The van der Waals surface area contributed by atoms with Gasteiger partial charge in [0.05, 0.1) is 37.7 Å². The number of amides is 5. The zero-order valence-electron chi connectivity index (χ0n) is 30.9. The van der Waals surface area contributed by atoms with E-state index >= 15 is 0 Å². The lowest BCUT2D eigenvalue weighted by atomic mass is 10.1. The Morgan fingerprint density at radius 3 is 1.64 bits per heavy atom. The Balaban J connectivity index is 1.12. The molecule has 5 aromatic carbocycles. The molecule has 5 amide bonds. The number of carboxylic acids is 1. The third-order valence-electron chi connectivity index (χ3n) is 8.27. The number of carboxylic acid groups (broad SMARTS) is 1. The summed E-state index contributed by atoms with van der Waals surface area (Å²) < 4.78 is 37.7. The number of benzene rings is 5. The van der Waals surface area contributed by atoms with Gasteiger partial charge < -0.3 is 51.4 Å². The summed E-state index contributed by atoms with van der Waals surface area (Å²) in [7, 11) is 2.35. The summed E-state index contributed by atoms with van der Waals surface area (Å²) in [4.78, 5) is 74.8. The maximum Gasteiger partial charge on any atom is 0.339 e. The number of carbonyl (C=O) groups is 6. The van der Waals surface area contributed by atoms with E-state index in [1.165, 1.54) is 86.0 Å². The predicted molar refractivity (Wildman–Crippen MR) is 210 cm³/mol. The van der Waals surface area contributed by atoms with E-state index in [4.69, 9.17) is 9.47 Å². The maximum atomic E-state index is 14.3. The van der Waals surface area contributed by atoms with Crippen molar-refractivity contribution in [2.45, 2.75) is 0 Å². The molecule has 0 fully saturated rings. The molecule has 302 valence electrons. The quantitative estimate of drug-likeness (QED) is 0.0626. The molecule has 0 heterocycles. The number of anilines is 4. The summed E-state index contributed by atoms with van der Waals surface area (Å²) in [6, 6.07) is 20.7. The predicted octanol–water partition coefficient (Wildman–Crippen LogP) is 5.77. The van der Waals surface area contributed by atoms with Crippen molar-refractivity contribution < 1.29 is 62.3 Å². The number of rotatable bonds is 14. The number of ether oxygens (including phenoxy) is 2. The molecule has 0 saturated heterocycles. The largest absolute Gasteiger partial charge is 0.504 e. The van der Waals surface area contributed by atoms with E-state index < -0.39 is 70.8 Å². The highest BCUT2D eigenvalue weighted by atomic mass is 19.1. The van der Waals surface area contributed by atoms with Crippen LogP contribution in [0.5, 0.6) is 23.0 Å². The Morgan fingerprint density at radius 2 is 1.10 bits per heavy atom. The molecule has 0 radical (unpaired) electrons. The van der Waals surface area contributed by atoms with Crippen LogP contribution in [0.25, 0.3) is 6.08 Å². The summed E-state index contributed by atoms with van der Waals surface area (Å²) in [6.07, 6.45) is 0.940. The van der Waals surface area contributed by atoms with E-state index in [0.29, 0.717) is 0 Å². The smallest absolute Gasteiger partial charge is 0.339 e. The molecular weight excluding hydrogens is 776 g/mol. The fourth-order valence-electron chi connectivity index (χ4n) is 5.33. The van der Waals surface area contributed by atoms with Crippen molar-refractivity contribution >= 4 is 64.3 Å². The van der Waals surface area contributed by atoms with Gasteiger partial charge in [-0.1, -0.05) is 12.1 Å². The van der Waals surface area contributed by atoms with Gasteiger partial charge in [-0.15, -0.1) is 0 Å². The molecular formula is C41H33F2N5O11. The standard InChI is InChI=1S/C41H33F2N5O11/c1-58-35-30(17-15-27(33(35)50)39(54)48-31-18-16-28(41(56)57)34(51)36(31)59-2)47-38(53)23-7-11-25(12-8-23)45-32(49)20-44-37(52)22-5-13-26(14-6-22)46-40(55)29(43)19-21-3-9-24(42)10-4-21/h3-19,50-51H,20H2,1-2H3,(H,44,52)(H,45,49)(H,46,55)(H,47,53)(H,48,54)(H,56,57)/b29-19-. The van der Waals surface area contributed by atoms with Gasteiger partial charge in [-0.2, -0.15) is 0 Å². The molecule has 0 aliphatic carbocycles. The minimum atomic E-state index is -1.43. The van der Waals surface area contributed by atoms with Crippen LogP contribution >= 0.6 is 0 Å². The highest BCUT2D eigenvalue weighted by Crippen LogP contribution is 2.40. The second-order valence-electron chi connectivity index (χ2n) is 12.2. The second-order valence-corrected chi connectivity index (χ2v) is 12.2. The van der Waals surface area contributed by atoms with Crippen molar-refractivity contribution in [2.75, 3.05) is 42.0 Å². The van der Waals surface area contributed by atoms with Crippen LogP contribution in [0, 0.1) is 5.82 Å². The van der Waals surface area contributed by atoms with E-state index in [0.717, 1.165) is 31.4 Å². The molecule has 0 atom stereocenters. The maximum absolute atomic E-state index is 14.3. The molecule has 0 aromatic heterocycles. The first kappa shape index (κ1) is 41.9. The minimum absolute atomic E-state index is 0.00957. The van der Waals surface area contributed by atoms with Crippen molar-refractivity contribution in [1.82, 2.24) is 5.32 Å². The van der Waals surface area contributed by atoms with Gasteiger partial charge in [0.15, 0.2) is 28.8 Å². The topological polar surface area (TPSA) is 242 Å². The molecule has 5 rings (SSSR count). The number of hydrogen-bond acceptors (Lipinski definition) is 10. The van der Waals surface area contributed by atoms with Gasteiger partial charge in [-0.05, 0) is 96.6 Å². The minimum Gasteiger partial charge on any atom is -0.504 e. The number of methoxy groups -OCH3 is 2. The zero-order chi connectivity index (χ0) is 42.8. The van der Waals surface area contributed by atoms with Crippen LogP contribution in [-0.4, -0.2) is 71.6 Å². The van der Waals surface area contributed by atoms with Gasteiger partial charge in [0.2, 0.25) is 5.91 Å². The van der Waals surface area contributed by atoms with Crippen molar-refractivity contribution in [3.05, 3.63) is 137 Å². The highest BCUT2D eigenvalue weighted by molar-refractivity contribution is 6.10. The molecule has 16 nitrogen and oxygen atoms in total. The molecule has 0 bridgehead atoms. The molecule has 0 aliphatic rings. The summed E-state index contributed by atoms with van der Waals surface area (Å²) in [5.74, 6) is -8.82. The molecule has 0 saturated carbocycles. The van der Waals surface area contributed by atoms with Crippen molar-refractivity contribution in [2.24, 2.45) is 0 Å². The monoisotopic (exact) mass is 809 g/mol. The zero-order valence-corrected chi connectivity index (χ0v) is 30.9. The van der Waals surface area contributed by atoms with Gasteiger partial charge >= 0.3 is 5.97 Å². The van der Waals surface area contributed by atoms with Crippen molar-refractivity contribution in [1.29, 1.82) is 0 Å². The van der Waals surface area contributed by atoms with Gasteiger partial charge in [0.25, 0.3) is 23.6 Å². The Hall–Kier alpha value is -8.28. The van der Waals surface area contributed by atoms with Crippen molar-refractivity contribution in [3.63, 3.8) is 0 Å². The number of hydrogen-bond donors (Lipinski definition) is 8. The fraction of sp³-hybridized carbons (Fsp3) is 0.0732. The Kier molecular flexibility index (Phi) is 13.2. The van der Waals surface area contributed by atoms with Crippen LogP contribution in [0.15, 0.2) is 103 Å². The van der Waals surface area contributed by atoms with Crippen LogP contribution in [0.2, 0.25) is 0 Å². The first-order chi connectivity index (χ1) is 28.2. The SMILES string of the molecule is COc1c(NC(=O)c2ccc(NC(=O)c3ccc(NC(=O)CNC(=O)c4ccc(NC(=O)/C(F)=C/c5ccc(F)cc5)cc4)cc3)c(OC)c2O)ccc(C(=O)O)c1O. The second kappa shape index (κ2) is 18.6. The number of aromatic hydroxyl groups is 2. The Labute approximate surface area is 333 Å². The van der Waals surface area contributed by atoms with Gasteiger partial charge in [-0.3, -0.25) is 24.0 Å². The molecule has 0 spiro atoms.